The van der Waals surface area contributed by atoms with Crippen molar-refractivity contribution < 1.29 is 14.1 Å². The molecule has 0 unspecified atom stereocenters. The number of carbonyl (C=O) groups is 2. The lowest BCUT2D eigenvalue weighted by atomic mass is 9.98. The molecule has 1 aliphatic rings. The largest absolute Gasteiger partial charge is 0.361 e. The third-order valence-electron chi connectivity index (χ3n) is 3.50. The molecule has 1 N–H and O–H groups in total. The van der Waals surface area contributed by atoms with Gasteiger partial charge in [0.1, 0.15) is 5.76 Å². The van der Waals surface area contributed by atoms with Crippen LogP contribution in [0.3, 0.4) is 0 Å². The normalized spacial score (nSPS) is 14.5. The zero-order chi connectivity index (χ0) is 15.7. The van der Waals surface area contributed by atoms with E-state index in [0.29, 0.717) is 29.6 Å². The van der Waals surface area contributed by atoms with E-state index in [2.05, 4.69) is 10.5 Å². The number of carbonyl (C=O) groups excluding carboxylic acids is 2. The first-order chi connectivity index (χ1) is 10.5. The summed E-state index contributed by atoms with van der Waals surface area (Å²) in [4.78, 5) is 25.7. The highest BCUT2D eigenvalue weighted by Gasteiger charge is 2.37. The number of nitrogens with zero attached hydrogens (tertiary/aromatic N) is 2. The van der Waals surface area contributed by atoms with E-state index >= 15 is 0 Å². The molecule has 0 spiro atoms. The molecule has 1 aromatic carbocycles. The van der Waals surface area contributed by atoms with E-state index in [9.17, 15) is 9.59 Å². The topological polar surface area (TPSA) is 75.4 Å². The first kappa shape index (κ1) is 14.6. The molecule has 1 aromatic heterocycles. The maximum Gasteiger partial charge on any atom is 0.276 e. The molecule has 2 heterocycles. The van der Waals surface area contributed by atoms with Crippen LogP contribution in [0.2, 0.25) is 5.02 Å². The number of aromatic nitrogens is 1. The number of nitrogens with one attached hydrogen (secondary N) is 1. The second-order valence-corrected chi connectivity index (χ2v) is 5.66. The van der Waals surface area contributed by atoms with Crippen LogP contribution >= 0.6 is 11.6 Å². The van der Waals surface area contributed by atoms with Gasteiger partial charge in [0.05, 0.1) is 5.92 Å². The fraction of sp³-hybridized carbons (Fsp3) is 0.267. The van der Waals surface area contributed by atoms with Gasteiger partial charge in [0.2, 0.25) is 5.91 Å². The van der Waals surface area contributed by atoms with Crippen LogP contribution in [0.25, 0.3) is 0 Å². The van der Waals surface area contributed by atoms with E-state index in [0.717, 1.165) is 0 Å². The number of halogens is 1. The Morgan fingerprint density at radius 2 is 2.00 bits per heavy atom. The first-order valence-electron chi connectivity index (χ1n) is 6.82. The summed E-state index contributed by atoms with van der Waals surface area (Å²) in [5.74, 6) is 0.0450. The Morgan fingerprint density at radius 3 is 2.59 bits per heavy atom. The number of likely N-dealkylation sites (tertiary alicyclic amines) is 1. The molecule has 7 heteroatoms. The minimum absolute atomic E-state index is 0.109. The Labute approximate surface area is 132 Å². The zero-order valence-corrected chi connectivity index (χ0v) is 12.6. The molecule has 0 saturated carbocycles. The van der Waals surface area contributed by atoms with Crippen LogP contribution in [-0.2, 0) is 4.79 Å². The molecular weight excluding hydrogens is 306 g/mol. The number of benzene rings is 1. The molecule has 1 aliphatic heterocycles. The van der Waals surface area contributed by atoms with Gasteiger partial charge >= 0.3 is 0 Å². The fourth-order valence-electron chi connectivity index (χ4n) is 2.22. The Hall–Kier alpha value is -2.34. The maximum absolute atomic E-state index is 12.1. The molecule has 6 nitrogen and oxygen atoms in total. The van der Waals surface area contributed by atoms with Gasteiger partial charge in [-0.15, -0.1) is 0 Å². The van der Waals surface area contributed by atoms with Crippen molar-refractivity contribution in [2.75, 3.05) is 18.4 Å². The van der Waals surface area contributed by atoms with Crippen molar-refractivity contribution in [1.29, 1.82) is 0 Å². The fourth-order valence-corrected chi connectivity index (χ4v) is 2.34. The van der Waals surface area contributed by atoms with E-state index < -0.39 is 0 Å². The Kier molecular flexibility index (Phi) is 3.85. The highest BCUT2D eigenvalue weighted by Crippen LogP contribution is 2.21. The molecule has 1 fully saturated rings. The molecule has 1 saturated heterocycles. The van der Waals surface area contributed by atoms with Crippen LogP contribution in [0.1, 0.15) is 16.2 Å². The highest BCUT2D eigenvalue weighted by molar-refractivity contribution is 6.30. The van der Waals surface area contributed by atoms with Gasteiger partial charge in [-0.25, -0.2) is 0 Å². The van der Waals surface area contributed by atoms with Gasteiger partial charge in [-0.1, -0.05) is 16.8 Å². The van der Waals surface area contributed by atoms with Crippen molar-refractivity contribution in [1.82, 2.24) is 10.1 Å². The molecule has 3 rings (SSSR count). The summed E-state index contributed by atoms with van der Waals surface area (Å²) in [5, 5.41) is 7.10. The first-order valence-corrected chi connectivity index (χ1v) is 7.20. The number of hydrogen-bond donors (Lipinski definition) is 1. The van der Waals surface area contributed by atoms with Crippen molar-refractivity contribution in [2.45, 2.75) is 6.92 Å². The van der Waals surface area contributed by atoms with Crippen LogP contribution in [0.4, 0.5) is 5.69 Å². The summed E-state index contributed by atoms with van der Waals surface area (Å²) < 4.78 is 4.88. The van der Waals surface area contributed by atoms with Gasteiger partial charge in [-0.2, -0.15) is 0 Å². The number of hydrogen-bond acceptors (Lipinski definition) is 4. The van der Waals surface area contributed by atoms with Gasteiger partial charge < -0.3 is 14.7 Å². The van der Waals surface area contributed by atoms with Gasteiger partial charge in [0.15, 0.2) is 5.69 Å². The van der Waals surface area contributed by atoms with Crippen molar-refractivity contribution in [3.63, 3.8) is 0 Å². The van der Waals surface area contributed by atoms with Crippen LogP contribution < -0.4 is 5.32 Å². The van der Waals surface area contributed by atoms with E-state index in [4.69, 9.17) is 16.1 Å². The predicted octanol–water partition coefficient (Wildman–Crippen LogP) is 2.35. The van der Waals surface area contributed by atoms with Crippen molar-refractivity contribution in [3.05, 3.63) is 46.8 Å². The van der Waals surface area contributed by atoms with Gasteiger partial charge in [-0.05, 0) is 31.2 Å². The molecule has 0 bridgehead atoms. The molecule has 114 valence electrons. The molecule has 0 aliphatic carbocycles. The highest BCUT2D eigenvalue weighted by atomic mass is 35.5. The Balaban J connectivity index is 1.53. The summed E-state index contributed by atoms with van der Waals surface area (Å²) in [5.41, 5.74) is 0.959. The van der Waals surface area contributed by atoms with E-state index in [-0.39, 0.29) is 23.4 Å². The molecular formula is C15H14ClN3O3. The minimum atomic E-state index is -0.215. The van der Waals surface area contributed by atoms with Gasteiger partial charge in [-0.3, -0.25) is 9.59 Å². The Bertz CT molecular complexity index is 705. The average Bonchev–Trinajstić information content (AvgIpc) is 2.86. The quantitative estimate of drug-likeness (QED) is 0.942. The lowest BCUT2D eigenvalue weighted by Crippen LogP contribution is -2.54. The van der Waals surface area contributed by atoms with Crippen LogP contribution in [0.15, 0.2) is 34.9 Å². The summed E-state index contributed by atoms with van der Waals surface area (Å²) in [6, 6.07) is 8.48. The van der Waals surface area contributed by atoms with Gasteiger partial charge in [0, 0.05) is 29.9 Å². The van der Waals surface area contributed by atoms with Crippen molar-refractivity contribution in [3.8, 4) is 0 Å². The standard InChI is InChI=1S/C15H14ClN3O3/c1-9-6-13(18-22-9)15(21)19-7-10(8-19)14(20)17-12-4-2-11(16)3-5-12/h2-6,10H,7-8H2,1H3,(H,17,20). The second kappa shape index (κ2) is 5.81. The van der Waals surface area contributed by atoms with Crippen LogP contribution in [0, 0.1) is 12.8 Å². The average molecular weight is 320 g/mol. The number of aryl methyl sites for hydroxylation is 1. The lowest BCUT2D eigenvalue weighted by molar-refractivity contribution is -0.123. The monoisotopic (exact) mass is 319 g/mol. The predicted molar refractivity (Wildman–Crippen MR) is 80.7 cm³/mol. The number of rotatable bonds is 3. The smallest absolute Gasteiger partial charge is 0.276 e. The van der Waals surface area contributed by atoms with Crippen molar-refractivity contribution >= 4 is 29.1 Å². The Morgan fingerprint density at radius 1 is 1.32 bits per heavy atom. The molecule has 2 aromatic rings. The maximum atomic E-state index is 12.1. The minimum Gasteiger partial charge on any atom is -0.361 e. The summed E-state index contributed by atoms with van der Waals surface area (Å²) in [6.45, 7) is 2.48. The third-order valence-corrected chi connectivity index (χ3v) is 3.75. The summed E-state index contributed by atoms with van der Waals surface area (Å²) in [7, 11) is 0. The summed E-state index contributed by atoms with van der Waals surface area (Å²) >= 11 is 5.79. The molecule has 0 radical (unpaired) electrons. The van der Waals surface area contributed by atoms with Crippen molar-refractivity contribution in [2.24, 2.45) is 5.92 Å². The van der Waals surface area contributed by atoms with Crippen LogP contribution in [0.5, 0.6) is 0 Å². The SMILES string of the molecule is Cc1cc(C(=O)N2CC(C(=O)Nc3ccc(Cl)cc3)C2)no1. The third kappa shape index (κ3) is 2.96. The zero-order valence-electron chi connectivity index (χ0n) is 11.9. The number of anilines is 1. The lowest BCUT2D eigenvalue weighted by Gasteiger charge is -2.37. The molecule has 0 atom stereocenters. The van der Waals surface area contributed by atoms with Gasteiger partial charge in [0.25, 0.3) is 5.91 Å². The second-order valence-electron chi connectivity index (χ2n) is 5.23. The van der Waals surface area contributed by atoms with E-state index in [1.165, 1.54) is 0 Å². The van der Waals surface area contributed by atoms with Crippen LogP contribution in [-0.4, -0.2) is 35.0 Å². The molecule has 2 amide bonds. The van der Waals surface area contributed by atoms with E-state index in [1.807, 2.05) is 0 Å². The summed E-state index contributed by atoms with van der Waals surface area (Å²) in [6.07, 6.45) is 0. The van der Waals surface area contributed by atoms with E-state index in [1.54, 1.807) is 42.2 Å². The number of amides is 2. The molecule has 22 heavy (non-hydrogen) atoms.